The van der Waals surface area contributed by atoms with Crippen LogP contribution in [0.2, 0.25) is 0 Å². The maximum atomic E-state index is 11.9. The van der Waals surface area contributed by atoms with E-state index in [0.717, 1.165) is 11.3 Å². The van der Waals surface area contributed by atoms with Crippen LogP contribution in [0, 0.1) is 11.3 Å². The molecule has 1 aromatic carbocycles. The summed E-state index contributed by atoms with van der Waals surface area (Å²) in [6.07, 6.45) is 0.492. The summed E-state index contributed by atoms with van der Waals surface area (Å²) >= 11 is 0. The number of hydrogen-bond acceptors (Lipinski definition) is 3. The van der Waals surface area contributed by atoms with Gasteiger partial charge in [0.05, 0.1) is 12.5 Å². The fourth-order valence-electron chi connectivity index (χ4n) is 1.93. The Morgan fingerprint density at radius 2 is 1.82 bits per heavy atom. The summed E-state index contributed by atoms with van der Waals surface area (Å²) in [6.45, 7) is 8.27. The molecule has 0 heterocycles. The number of rotatable bonds is 7. The highest BCUT2D eigenvalue weighted by atomic mass is 16.5. The summed E-state index contributed by atoms with van der Waals surface area (Å²) in [6, 6.07) is 7.55. The number of benzene rings is 1. The molecule has 0 aromatic heterocycles. The topological polar surface area (TPSA) is 81.4 Å². The summed E-state index contributed by atoms with van der Waals surface area (Å²) < 4.78 is 5.38. The van der Waals surface area contributed by atoms with Crippen molar-refractivity contribution in [3.8, 4) is 5.75 Å². The van der Waals surface area contributed by atoms with Crippen molar-refractivity contribution in [2.45, 2.75) is 34.1 Å². The third kappa shape index (κ3) is 5.76. The monoisotopic (exact) mass is 306 g/mol. The van der Waals surface area contributed by atoms with Gasteiger partial charge in [0.1, 0.15) is 5.75 Å². The molecule has 1 aromatic rings. The van der Waals surface area contributed by atoms with Crippen molar-refractivity contribution < 1.29 is 14.3 Å². The van der Waals surface area contributed by atoms with Gasteiger partial charge in [0, 0.05) is 12.0 Å². The molecule has 1 atom stereocenters. The van der Waals surface area contributed by atoms with E-state index in [-0.39, 0.29) is 12.5 Å². The first-order valence-corrected chi connectivity index (χ1v) is 7.53. The van der Waals surface area contributed by atoms with Crippen molar-refractivity contribution in [3.05, 3.63) is 29.8 Å². The maximum absolute atomic E-state index is 11.9. The summed E-state index contributed by atoms with van der Waals surface area (Å²) in [7, 11) is 0. The number of amides is 2. The lowest BCUT2D eigenvalue weighted by Crippen LogP contribution is -2.41. The molecule has 1 rings (SSSR count). The van der Waals surface area contributed by atoms with Gasteiger partial charge in [0.25, 0.3) is 0 Å². The molecule has 22 heavy (non-hydrogen) atoms. The number of hydrogen-bond donors (Lipinski definition) is 2. The highest BCUT2D eigenvalue weighted by Gasteiger charge is 2.23. The Bertz CT molecular complexity index is 504. The van der Waals surface area contributed by atoms with Crippen LogP contribution < -0.4 is 15.8 Å². The van der Waals surface area contributed by atoms with Crippen LogP contribution >= 0.6 is 0 Å². The first-order valence-electron chi connectivity index (χ1n) is 7.53. The zero-order valence-electron chi connectivity index (χ0n) is 13.8. The van der Waals surface area contributed by atoms with Gasteiger partial charge in [-0.05, 0) is 31.0 Å². The van der Waals surface area contributed by atoms with Crippen molar-refractivity contribution in [1.29, 1.82) is 0 Å². The maximum Gasteiger partial charge on any atom is 0.225 e. The zero-order valence-corrected chi connectivity index (χ0v) is 13.8. The minimum atomic E-state index is -0.485. The molecule has 122 valence electrons. The average Bonchev–Trinajstić information content (AvgIpc) is 2.43. The molecule has 0 spiro atoms. The summed E-state index contributed by atoms with van der Waals surface area (Å²) in [5.74, 6) is -0.138. The molecule has 0 aliphatic carbocycles. The van der Waals surface area contributed by atoms with Gasteiger partial charge in [-0.3, -0.25) is 9.59 Å². The molecule has 0 bridgehead atoms. The Balaban J connectivity index is 2.64. The van der Waals surface area contributed by atoms with Gasteiger partial charge >= 0.3 is 0 Å². The predicted octanol–water partition coefficient (Wildman–Crippen LogP) is 1.89. The Hall–Kier alpha value is -2.04. The van der Waals surface area contributed by atoms with E-state index < -0.39 is 17.2 Å². The smallest absolute Gasteiger partial charge is 0.225 e. The first kappa shape index (κ1) is 18.0. The van der Waals surface area contributed by atoms with E-state index in [4.69, 9.17) is 10.5 Å². The van der Waals surface area contributed by atoms with Crippen LogP contribution in [0.1, 0.15) is 33.3 Å². The van der Waals surface area contributed by atoms with Gasteiger partial charge < -0.3 is 15.8 Å². The normalized spacial score (nSPS) is 12.5. The quantitative estimate of drug-likeness (QED) is 0.807. The molecule has 5 nitrogen and oxygen atoms in total. The third-order valence-corrected chi connectivity index (χ3v) is 3.31. The number of ether oxygens (including phenoxy) is 1. The van der Waals surface area contributed by atoms with Crippen LogP contribution in [0.25, 0.3) is 0 Å². The number of nitrogens with two attached hydrogens (primary N) is 1. The van der Waals surface area contributed by atoms with Gasteiger partial charge in [0.2, 0.25) is 11.8 Å². The summed E-state index contributed by atoms with van der Waals surface area (Å²) in [5, 5.41) is 2.79. The second kappa shape index (κ2) is 7.82. The second-order valence-corrected chi connectivity index (χ2v) is 6.34. The minimum Gasteiger partial charge on any atom is -0.494 e. The van der Waals surface area contributed by atoms with E-state index in [9.17, 15) is 9.59 Å². The molecule has 2 amide bonds. The van der Waals surface area contributed by atoms with E-state index >= 15 is 0 Å². The second-order valence-electron chi connectivity index (χ2n) is 6.34. The van der Waals surface area contributed by atoms with Crippen LogP contribution in [0.15, 0.2) is 24.3 Å². The molecule has 0 fully saturated rings. The molecule has 0 saturated heterocycles. The fraction of sp³-hybridized carbons (Fsp3) is 0.529. The lowest BCUT2D eigenvalue weighted by Gasteiger charge is -2.20. The molecule has 3 N–H and O–H groups in total. The lowest BCUT2D eigenvalue weighted by molar-refractivity contribution is -0.129. The third-order valence-electron chi connectivity index (χ3n) is 3.31. The van der Waals surface area contributed by atoms with E-state index in [1.165, 1.54) is 0 Å². The molecular formula is C17H26N2O3. The van der Waals surface area contributed by atoms with Gasteiger partial charge in [-0.1, -0.05) is 32.9 Å². The Kier molecular flexibility index (Phi) is 6.40. The Morgan fingerprint density at radius 3 is 2.27 bits per heavy atom. The predicted molar refractivity (Wildman–Crippen MR) is 86.5 cm³/mol. The molecule has 0 saturated carbocycles. The van der Waals surface area contributed by atoms with Crippen molar-refractivity contribution >= 4 is 11.8 Å². The largest absolute Gasteiger partial charge is 0.494 e. The van der Waals surface area contributed by atoms with Crippen LogP contribution in [0.4, 0.5) is 0 Å². The number of carbonyl (C=O) groups excluding carboxylic acids is 2. The van der Waals surface area contributed by atoms with Crippen molar-refractivity contribution in [2.24, 2.45) is 17.1 Å². The van der Waals surface area contributed by atoms with Crippen LogP contribution in [0.3, 0.4) is 0 Å². The minimum absolute atomic E-state index is 0.0922. The van der Waals surface area contributed by atoms with E-state index in [0.29, 0.717) is 13.0 Å². The standard InChI is InChI=1S/C17H26N2O3/c1-5-22-14-8-6-12(7-9-14)10-13(15(18)20)11-19-16(21)17(2,3)4/h6-9,13H,5,10-11H2,1-4H3,(H2,18,20)(H,19,21). The molecule has 1 unspecified atom stereocenters. The van der Waals surface area contributed by atoms with Gasteiger partial charge in [0.15, 0.2) is 0 Å². The zero-order chi connectivity index (χ0) is 16.8. The van der Waals surface area contributed by atoms with Crippen LogP contribution in [-0.2, 0) is 16.0 Å². The summed E-state index contributed by atoms with van der Waals surface area (Å²) in [4.78, 5) is 23.5. The number of nitrogens with one attached hydrogen (secondary N) is 1. The van der Waals surface area contributed by atoms with Crippen molar-refractivity contribution in [1.82, 2.24) is 5.32 Å². The highest BCUT2D eigenvalue weighted by molar-refractivity contribution is 5.82. The molecular weight excluding hydrogens is 280 g/mol. The molecule has 0 radical (unpaired) electrons. The van der Waals surface area contributed by atoms with Gasteiger partial charge in [-0.25, -0.2) is 0 Å². The Labute approximate surface area is 132 Å². The number of carbonyl (C=O) groups is 2. The summed E-state index contributed by atoms with van der Waals surface area (Å²) in [5.41, 5.74) is 5.94. The van der Waals surface area contributed by atoms with Crippen LogP contribution in [-0.4, -0.2) is 25.0 Å². The lowest BCUT2D eigenvalue weighted by atomic mass is 9.94. The molecule has 0 aliphatic heterocycles. The van der Waals surface area contributed by atoms with Gasteiger partial charge in [-0.2, -0.15) is 0 Å². The van der Waals surface area contributed by atoms with E-state index in [2.05, 4.69) is 5.32 Å². The SMILES string of the molecule is CCOc1ccc(CC(CNC(=O)C(C)(C)C)C(N)=O)cc1. The Morgan fingerprint density at radius 1 is 1.23 bits per heavy atom. The average molecular weight is 306 g/mol. The first-order chi connectivity index (χ1) is 10.2. The van der Waals surface area contributed by atoms with Crippen molar-refractivity contribution in [3.63, 3.8) is 0 Å². The highest BCUT2D eigenvalue weighted by Crippen LogP contribution is 2.16. The van der Waals surface area contributed by atoms with Gasteiger partial charge in [-0.15, -0.1) is 0 Å². The molecule has 0 aliphatic rings. The fourth-order valence-corrected chi connectivity index (χ4v) is 1.93. The van der Waals surface area contributed by atoms with E-state index in [1.807, 2.05) is 52.0 Å². The molecule has 5 heteroatoms. The van der Waals surface area contributed by atoms with Crippen molar-refractivity contribution in [2.75, 3.05) is 13.2 Å². The van der Waals surface area contributed by atoms with Crippen LogP contribution in [0.5, 0.6) is 5.75 Å². The number of primary amides is 1. The van der Waals surface area contributed by atoms with E-state index in [1.54, 1.807) is 0 Å².